The highest BCUT2D eigenvalue weighted by atomic mass is 35.5. The summed E-state index contributed by atoms with van der Waals surface area (Å²) in [7, 11) is -0.268. The molecule has 48 heavy (non-hydrogen) atoms. The van der Waals surface area contributed by atoms with Crippen molar-refractivity contribution in [2.45, 2.75) is 69.7 Å². The van der Waals surface area contributed by atoms with E-state index in [0.29, 0.717) is 37.0 Å². The van der Waals surface area contributed by atoms with Gasteiger partial charge in [-0.2, -0.15) is 0 Å². The third-order valence-corrected chi connectivity index (χ3v) is 10.2. The largest absolute Gasteiger partial charge is 0.497 e. The lowest BCUT2D eigenvalue weighted by Gasteiger charge is -2.36. The Bertz CT molecular complexity index is 1590. The molecule has 0 aromatic heterocycles. The highest BCUT2D eigenvalue weighted by Gasteiger charge is 2.30. The van der Waals surface area contributed by atoms with Gasteiger partial charge in [0.1, 0.15) is 11.5 Å². The summed E-state index contributed by atoms with van der Waals surface area (Å²) in [5.74, 6) is 0.688. The van der Waals surface area contributed by atoms with E-state index < -0.39 is 16.1 Å². The SMILES string of the molecule is COc1ccc(CN(C)C[C@@H]2OCCCC[C@H](C)Oc3ccc(NS(=O)(=O)c4ccc(Cl)cc4)cc3C(=O)N([C@H](C)CO)C[C@H]2C)cc1. The number of likely N-dealkylation sites (N-methyl/N-ethyl adjacent to an activating group) is 1. The van der Waals surface area contributed by atoms with Crippen molar-refractivity contribution in [2.75, 3.05) is 45.2 Å². The number of hydrogen-bond acceptors (Lipinski definition) is 8. The first-order valence-corrected chi connectivity index (χ1v) is 18.2. The number of hydrogen-bond donors (Lipinski definition) is 2. The van der Waals surface area contributed by atoms with E-state index in [1.807, 2.05) is 38.2 Å². The van der Waals surface area contributed by atoms with Crippen LogP contribution in [0.15, 0.2) is 71.6 Å². The van der Waals surface area contributed by atoms with Gasteiger partial charge in [-0.3, -0.25) is 14.4 Å². The fraction of sp³-hybridized carbons (Fsp3) is 0.472. The number of methoxy groups -OCH3 is 1. The molecule has 3 aromatic rings. The van der Waals surface area contributed by atoms with Gasteiger partial charge in [0.25, 0.3) is 15.9 Å². The zero-order chi connectivity index (χ0) is 34.8. The van der Waals surface area contributed by atoms with E-state index in [4.69, 9.17) is 25.8 Å². The number of aliphatic hydroxyl groups excluding tert-OH is 1. The number of fused-ring (bicyclic) bond motifs is 1. The fourth-order valence-corrected chi connectivity index (χ4v) is 6.87. The van der Waals surface area contributed by atoms with Gasteiger partial charge in [-0.1, -0.05) is 30.7 Å². The molecule has 0 unspecified atom stereocenters. The third-order valence-electron chi connectivity index (χ3n) is 8.53. The van der Waals surface area contributed by atoms with Crippen LogP contribution in [0.1, 0.15) is 56.0 Å². The van der Waals surface area contributed by atoms with Crippen molar-refractivity contribution in [3.05, 3.63) is 82.9 Å². The molecule has 1 aliphatic rings. The molecule has 1 amide bonds. The number of nitrogens with zero attached hydrogens (tertiary/aromatic N) is 2. The lowest BCUT2D eigenvalue weighted by Crippen LogP contribution is -2.47. The molecule has 1 heterocycles. The summed E-state index contributed by atoms with van der Waals surface area (Å²) in [6.45, 7) is 7.77. The number of amides is 1. The number of carbonyl (C=O) groups excluding carboxylic acids is 1. The number of carbonyl (C=O) groups is 1. The summed E-state index contributed by atoms with van der Waals surface area (Å²) >= 11 is 5.96. The van der Waals surface area contributed by atoms with E-state index in [0.717, 1.165) is 30.6 Å². The van der Waals surface area contributed by atoms with Crippen LogP contribution in [0.25, 0.3) is 0 Å². The number of benzene rings is 3. The van der Waals surface area contributed by atoms with Gasteiger partial charge in [0.05, 0.1) is 42.4 Å². The van der Waals surface area contributed by atoms with E-state index in [9.17, 15) is 18.3 Å². The molecule has 1 aliphatic heterocycles. The van der Waals surface area contributed by atoms with E-state index >= 15 is 0 Å². The molecule has 4 atom stereocenters. The number of halogens is 1. The molecular formula is C36H48ClN3O7S. The van der Waals surface area contributed by atoms with Gasteiger partial charge in [0.2, 0.25) is 0 Å². The summed E-state index contributed by atoms with van der Waals surface area (Å²) in [5, 5.41) is 10.7. The summed E-state index contributed by atoms with van der Waals surface area (Å²) in [4.78, 5) is 18.3. The summed E-state index contributed by atoms with van der Waals surface area (Å²) < 4.78 is 47.0. The Hall–Kier alpha value is -3.35. The monoisotopic (exact) mass is 701 g/mol. The topological polar surface area (TPSA) is 118 Å². The van der Waals surface area contributed by atoms with Gasteiger partial charge in [0, 0.05) is 42.9 Å². The molecule has 2 N–H and O–H groups in total. The zero-order valence-electron chi connectivity index (χ0n) is 28.4. The van der Waals surface area contributed by atoms with Crippen molar-refractivity contribution < 1.29 is 32.5 Å². The highest BCUT2D eigenvalue weighted by Crippen LogP contribution is 2.30. The first-order chi connectivity index (χ1) is 22.9. The van der Waals surface area contributed by atoms with Gasteiger partial charge in [-0.15, -0.1) is 0 Å². The minimum atomic E-state index is -3.96. The van der Waals surface area contributed by atoms with Crippen LogP contribution in [-0.2, 0) is 21.3 Å². The lowest BCUT2D eigenvalue weighted by molar-refractivity contribution is -0.0177. The third kappa shape index (κ3) is 10.3. The average molecular weight is 702 g/mol. The molecule has 10 nitrogen and oxygen atoms in total. The van der Waals surface area contributed by atoms with Crippen LogP contribution in [0, 0.1) is 5.92 Å². The first kappa shape index (κ1) is 37.5. The summed E-state index contributed by atoms with van der Waals surface area (Å²) in [5.41, 5.74) is 1.56. The maximum Gasteiger partial charge on any atom is 0.261 e. The number of anilines is 1. The van der Waals surface area contributed by atoms with Gasteiger partial charge >= 0.3 is 0 Å². The predicted octanol–water partition coefficient (Wildman–Crippen LogP) is 6.08. The zero-order valence-corrected chi connectivity index (χ0v) is 30.0. The lowest BCUT2D eigenvalue weighted by atomic mass is 10.0. The second-order valence-electron chi connectivity index (χ2n) is 12.6. The van der Waals surface area contributed by atoms with Crippen molar-refractivity contribution in [2.24, 2.45) is 5.92 Å². The number of aliphatic hydroxyl groups is 1. The smallest absolute Gasteiger partial charge is 0.261 e. The number of ether oxygens (including phenoxy) is 3. The number of sulfonamides is 1. The van der Waals surface area contributed by atoms with Crippen LogP contribution in [0.4, 0.5) is 5.69 Å². The second-order valence-corrected chi connectivity index (χ2v) is 14.7. The minimum Gasteiger partial charge on any atom is -0.497 e. The van der Waals surface area contributed by atoms with Crippen LogP contribution in [0.3, 0.4) is 0 Å². The molecule has 262 valence electrons. The number of nitrogens with one attached hydrogen (secondary N) is 1. The van der Waals surface area contributed by atoms with Gasteiger partial charge < -0.3 is 24.2 Å². The molecule has 0 bridgehead atoms. The maximum absolute atomic E-state index is 14.4. The molecule has 0 fully saturated rings. The van der Waals surface area contributed by atoms with Crippen molar-refractivity contribution in [3.63, 3.8) is 0 Å². The molecule has 4 rings (SSSR count). The molecule has 12 heteroatoms. The van der Waals surface area contributed by atoms with Crippen molar-refractivity contribution in [1.82, 2.24) is 9.80 Å². The van der Waals surface area contributed by atoms with Crippen LogP contribution in [0.2, 0.25) is 5.02 Å². The molecule has 0 spiro atoms. The van der Waals surface area contributed by atoms with Gasteiger partial charge in [-0.05, 0) is 100 Å². The fourth-order valence-electron chi connectivity index (χ4n) is 5.69. The van der Waals surface area contributed by atoms with E-state index in [-0.39, 0.29) is 46.8 Å². The summed E-state index contributed by atoms with van der Waals surface area (Å²) in [6, 6.07) is 18.0. The normalized spacial score (nSPS) is 20.4. The molecular weight excluding hydrogens is 654 g/mol. The van der Waals surface area contributed by atoms with Crippen LogP contribution >= 0.6 is 11.6 Å². The second kappa shape index (κ2) is 17.3. The van der Waals surface area contributed by atoms with Crippen molar-refractivity contribution in [3.8, 4) is 11.5 Å². The van der Waals surface area contributed by atoms with E-state index in [1.165, 1.54) is 30.3 Å². The molecule has 3 aromatic carbocycles. The predicted molar refractivity (Wildman–Crippen MR) is 188 cm³/mol. The van der Waals surface area contributed by atoms with Crippen LogP contribution < -0.4 is 14.2 Å². The standard InChI is InChI=1S/C36H48ClN3O7S/c1-25-21-40(26(2)24-41)36(42)33-20-30(38-48(43,44)32-16-11-29(37)12-17-32)13-18-34(33)47-27(3)8-6-7-19-46-35(25)23-39(4)22-28-9-14-31(45-5)15-10-28/h9-18,20,25-27,35,38,41H,6-8,19,21-24H2,1-5H3/t25-,26-,27+,35+/m1/s1. The Labute approximate surface area is 290 Å². The molecule has 0 saturated heterocycles. The molecule has 0 radical (unpaired) electrons. The van der Waals surface area contributed by atoms with Crippen molar-refractivity contribution in [1.29, 1.82) is 0 Å². The number of rotatable bonds is 10. The van der Waals surface area contributed by atoms with Crippen molar-refractivity contribution >= 4 is 33.2 Å². The quantitative estimate of drug-likeness (QED) is 0.262. The Morgan fingerprint density at radius 1 is 1.08 bits per heavy atom. The van der Waals surface area contributed by atoms with Gasteiger partial charge in [0.15, 0.2) is 0 Å². The van der Waals surface area contributed by atoms with E-state index in [1.54, 1.807) is 31.1 Å². The Balaban J connectivity index is 1.62. The Morgan fingerprint density at radius 3 is 2.46 bits per heavy atom. The summed E-state index contributed by atoms with van der Waals surface area (Å²) in [6.07, 6.45) is 2.08. The van der Waals surface area contributed by atoms with Crippen LogP contribution in [0.5, 0.6) is 11.5 Å². The van der Waals surface area contributed by atoms with E-state index in [2.05, 4.69) is 16.5 Å². The highest BCUT2D eigenvalue weighted by molar-refractivity contribution is 7.92. The van der Waals surface area contributed by atoms with Gasteiger partial charge in [-0.25, -0.2) is 8.42 Å². The molecule has 0 aliphatic carbocycles. The maximum atomic E-state index is 14.4. The first-order valence-electron chi connectivity index (χ1n) is 16.3. The Morgan fingerprint density at radius 2 is 1.79 bits per heavy atom. The average Bonchev–Trinajstić information content (AvgIpc) is 3.06. The minimum absolute atomic E-state index is 0.0375. The molecule has 0 saturated carbocycles. The van der Waals surface area contributed by atoms with Crippen LogP contribution in [-0.4, -0.2) is 87.9 Å². The Kier molecular flexibility index (Phi) is 13.5.